The molecule has 1 aromatic carbocycles. The molecular weight excluding hydrogens is 294 g/mol. The van der Waals surface area contributed by atoms with Crippen molar-refractivity contribution < 1.29 is 14.3 Å². The highest BCUT2D eigenvalue weighted by molar-refractivity contribution is 5.90. The molecule has 2 bridgehead atoms. The first-order valence-electron chi connectivity index (χ1n) is 7.96. The number of amides is 1. The Labute approximate surface area is 134 Å². The Hall–Kier alpha value is -2.34. The SMILES string of the molecule is O=C(NC1CC2CCN(C2)C1)c1ncc(-c2ccc(O)cc2)o1. The number of aromatic nitrogens is 1. The number of phenols is 1. The Morgan fingerprint density at radius 1 is 1.30 bits per heavy atom. The Kier molecular flexibility index (Phi) is 3.53. The van der Waals surface area contributed by atoms with E-state index < -0.39 is 0 Å². The van der Waals surface area contributed by atoms with Crippen LogP contribution < -0.4 is 5.32 Å². The number of aromatic hydroxyl groups is 1. The fraction of sp³-hybridized carbons (Fsp3) is 0.412. The van der Waals surface area contributed by atoms with Crippen LogP contribution in [-0.4, -0.2) is 46.6 Å². The lowest BCUT2D eigenvalue weighted by Crippen LogP contribution is -2.47. The number of piperidine rings is 1. The molecule has 2 fully saturated rings. The van der Waals surface area contributed by atoms with E-state index in [4.69, 9.17) is 4.42 Å². The molecule has 0 aliphatic carbocycles. The zero-order valence-corrected chi connectivity index (χ0v) is 12.7. The van der Waals surface area contributed by atoms with Crippen molar-refractivity contribution in [2.24, 2.45) is 5.92 Å². The predicted molar refractivity (Wildman–Crippen MR) is 84.0 cm³/mol. The van der Waals surface area contributed by atoms with Crippen LogP contribution in [0.1, 0.15) is 23.5 Å². The van der Waals surface area contributed by atoms with Gasteiger partial charge in [-0.2, -0.15) is 0 Å². The molecule has 3 atom stereocenters. The molecule has 2 N–H and O–H groups in total. The van der Waals surface area contributed by atoms with Gasteiger partial charge in [-0.15, -0.1) is 0 Å². The number of nitrogens with zero attached hydrogens (tertiary/aromatic N) is 2. The van der Waals surface area contributed by atoms with Gasteiger partial charge in [0.2, 0.25) is 0 Å². The number of oxazole rings is 1. The Balaban J connectivity index is 1.44. The fourth-order valence-corrected chi connectivity index (χ4v) is 3.55. The van der Waals surface area contributed by atoms with Crippen LogP contribution >= 0.6 is 0 Å². The van der Waals surface area contributed by atoms with Crippen molar-refractivity contribution >= 4 is 5.91 Å². The third kappa shape index (κ3) is 2.94. The van der Waals surface area contributed by atoms with Crippen LogP contribution in [0.25, 0.3) is 11.3 Å². The second-order valence-corrected chi connectivity index (χ2v) is 6.40. The minimum absolute atomic E-state index is 0.0843. The number of phenolic OH excluding ortho intramolecular Hbond substituents is 1. The van der Waals surface area contributed by atoms with E-state index >= 15 is 0 Å². The molecule has 6 heteroatoms. The summed E-state index contributed by atoms with van der Waals surface area (Å²) in [6.45, 7) is 3.21. The maximum absolute atomic E-state index is 12.3. The van der Waals surface area contributed by atoms with Crippen molar-refractivity contribution in [1.29, 1.82) is 0 Å². The molecule has 6 nitrogen and oxygen atoms in total. The van der Waals surface area contributed by atoms with Crippen LogP contribution in [0.5, 0.6) is 5.75 Å². The van der Waals surface area contributed by atoms with Crippen LogP contribution in [0.15, 0.2) is 34.9 Å². The Morgan fingerprint density at radius 2 is 2.13 bits per heavy atom. The third-order valence-corrected chi connectivity index (χ3v) is 4.65. The number of carbonyl (C=O) groups is 1. The summed E-state index contributed by atoms with van der Waals surface area (Å²) in [5.74, 6) is 1.23. The van der Waals surface area contributed by atoms with Crippen LogP contribution in [0, 0.1) is 5.92 Å². The van der Waals surface area contributed by atoms with Crippen LogP contribution in [0.3, 0.4) is 0 Å². The smallest absolute Gasteiger partial charge is 0.307 e. The van der Waals surface area contributed by atoms with E-state index in [0.29, 0.717) is 11.7 Å². The lowest BCUT2D eigenvalue weighted by molar-refractivity contribution is 0.0875. The van der Waals surface area contributed by atoms with Crippen molar-refractivity contribution in [2.75, 3.05) is 19.6 Å². The molecule has 2 aromatic rings. The minimum Gasteiger partial charge on any atom is -0.508 e. The van der Waals surface area contributed by atoms with Crippen molar-refractivity contribution in [3.05, 3.63) is 36.4 Å². The second kappa shape index (κ2) is 5.70. The molecule has 3 unspecified atom stereocenters. The van der Waals surface area contributed by atoms with Crippen molar-refractivity contribution in [1.82, 2.24) is 15.2 Å². The molecule has 4 rings (SSSR count). The molecule has 3 heterocycles. The first-order chi connectivity index (χ1) is 11.2. The monoisotopic (exact) mass is 313 g/mol. The van der Waals surface area contributed by atoms with Gasteiger partial charge in [-0.05, 0) is 49.6 Å². The van der Waals surface area contributed by atoms with Gasteiger partial charge in [0.15, 0.2) is 5.76 Å². The zero-order chi connectivity index (χ0) is 15.8. The molecule has 2 saturated heterocycles. The summed E-state index contributed by atoms with van der Waals surface area (Å²) < 4.78 is 5.56. The summed E-state index contributed by atoms with van der Waals surface area (Å²) in [6.07, 6.45) is 3.81. The largest absolute Gasteiger partial charge is 0.508 e. The molecule has 23 heavy (non-hydrogen) atoms. The minimum atomic E-state index is -0.262. The summed E-state index contributed by atoms with van der Waals surface area (Å²) in [7, 11) is 0. The topological polar surface area (TPSA) is 78.6 Å². The van der Waals surface area contributed by atoms with Gasteiger partial charge in [0.1, 0.15) is 5.75 Å². The van der Waals surface area contributed by atoms with Crippen LogP contribution in [0.2, 0.25) is 0 Å². The normalized spacial score (nSPS) is 26.2. The van der Waals surface area contributed by atoms with Crippen LogP contribution in [-0.2, 0) is 0 Å². The molecule has 0 spiro atoms. The highest BCUT2D eigenvalue weighted by Gasteiger charge is 2.33. The Morgan fingerprint density at radius 3 is 2.91 bits per heavy atom. The summed E-state index contributed by atoms with van der Waals surface area (Å²) in [6, 6.07) is 6.77. The van der Waals surface area contributed by atoms with Gasteiger partial charge in [-0.1, -0.05) is 0 Å². The average Bonchev–Trinajstić information content (AvgIpc) is 3.15. The number of benzene rings is 1. The molecule has 0 saturated carbocycles. The van der Waals surface area contributed by atoms with E-state index in [0.717, 1.165) is 31.6 Å². The zero-order valence-electron chi connectivity index (χ0n) is 12.7. The maximum Gasteiger partial charge on any atom is 0.307 e. The van der Waals surface area contributed by atoms with E-state index in [9.17, 15) is 9.90 Å². The first-order valence-corrected chi connectivity index (χ1v) is 7.96. The summed E-state index contributed by atoms with van der Waals surface area (Å²) in [5, 5.41) is 12.3. The highest BCUT2D eigenvalue weighted by Crippen LogP contribution is 2.27. The summed E-state index contributed by atoms with van der Waals surface area (Å²) in [5.41, 5.74) is 0.774. The number of carbonyl (C=O) groups excluding carboxylic acids is 1. The average molecular weight is 313 g/mol. The number of fused-ring (bicyclic) bond motifs is 2. The predicted octanol–water partition coefficient (Wildman–Crippen LogP) is 1.87. The lowest BCUT2D eigenvalue weighted by Gasteiger charge is -2.30. The highest BCUT2D eigenvalue weighted by atomic mass is 16.4. The first kappa shape index (κ1) is 14.3. The number of hydrogen-bond donors (Lipinski definition) is 2. The number of rotatable bonds is 3. The van der Waals surface area contributed by atoms with Crippen molar-refractivity contribution in [2.45, 2.75) is 18.9 Å². The summed E-state index contributed by atoms with van der Waals surface area (Å²) >= 11 is 0. The van der Waals surface area contributed by atoms with E-state index in [2.05, 4.69) is 15.2 Å². The molecule has 120 valence electrons. The van der Waals surface area contributed by atoms with E-state index in [1.807, 2.05) is 0 Å². The third-order valence-electron chi connectivity index (χ3n) is 4.65. The molecule has 0 radical (unpaired) electrons. The van der Waals surface area contributed by atoms with Gasteiger partial charge in [-0.25, -0.2) is 4.98 Å². The van der Waals surface area contributed by atoms with E-state index in [1.165, 1.54) is 12.6 Å². The maximum atomic E-state index is 12.3. The summed E-state index contributed by atoms with van der Waals surface area (Å²) in [4.78, 5) is 18.8. The quantitative estimate of drug-likeness (QED) is 0.904. The molecule has 2 aliphatic heterocycles. The lowest BCUT2D eigenvalue weighted by atomic mass is 9.97. The van der Waals surface area contributed by atoms with Gasteiger partial charge in [0.05, 0.1) is 6.20 Å². The van der Waals surface area contributed by atoms with Gasteiger partial charge in [-0.3, -0.25) is 4.79 Å². The Bertz CT molecular complexity index is 698. The molecular formula is C17H19N3O3. The molecule has 2 aliphatic rings. The fourth-order valence-electron chi connectivity index (χ4n) is 3.55. The standard InChI is InChI=1S/C17H19N3O3/c21-14-3-1-12(2-4-14)15-8-18-17(23-15)16(22)19-13-7-11-5-6-20(9-11)10-13/h1-4,8,11,13,21H,5-7,9-10H2,(H,19,22). The second-order valence-electron chi connectivity index (χ2n) is 6.40. The number of hydrogen-bond acceptors (Lipinski definition) is 5. The van der Waals surface area contributed by atoms with E-state index in [-0.39, 0.29) is 23.6 Å². The van der Waals surface area contributed by atoms with Crippen LogP contribution in [0.4, 0.5) is 0 Å². The van der Waals surface area contributed by atoms with Gasteiger partial charge >= 0.3 is 5.91 Å². The van der Waals surface area contributed by atoms with Gasteiger partial charge in [0.25, 0.3) is 5.89 Å². The van der Waals surface area contributed by atoms with Gasteiger partial charge in [0, 0.05) is 24.7 Å². The van der Waals surface area contributed by atoms with E-state index in [1.54, 1.807) is 24.3 Å². The van der Waals surface area contributed by atoms with Crippen molar-refractivity contribution in [3.63, 3.8) is 0 Å². The van der Waals surface area contributed by atoms with Crippen molar-refractivity contribution in [3.8, 4) is 17.1 Å². The molecule has 1 amide bonds. The number of nitrogens with one attached hydrogen (secondary N) is 1. The van der Waals surface area contributed by atoms with Gasteiger partial charge < -0.3 is 19.7 Å². The molecule has 1 aromatic heterocycles.